The van der Waals surface area contributed by atoms with Crippen molar-refractivity contribution in [3.05, 3.63) is 17.7 Å². The Morgan fingerprint density at radius 1 is 0.971 bits per heavy atom. The number of carbonyl (C=O) groups excluding carboxylic acids is 2. The third-order valence-electron chi connectivity index (χ3n) is 5.01. The van der Waals surface area contributed by atoms with Crippen LogP contribution in [0.25, 0.3) is 0 Å². The lowest BCUT2D eigenvalue weighted by atomic mass is 10.1. The number of aryl methyl sites for hydroxylation is 1. The van der Waals surface area contributed by atoms with Crippen LogP contribution in [0, 0.1) is 0 Å². The van der Waals surface area contributed by atoms with Gasteiger partial charge in [0.2, 0.25) is 17.6 Å². The average molecular weight is 484 g/mol. The normalized spacial score (nSPS) is 13.3. The van der Waals surface area contributed by atoms with Crippen LogP contribution in [0.15, 0.2) is 12.1 Å². The summed E-state index contributed by atoms with van der Waals surface area (Å²) >= 11 is 0. The first-order valence-corrected chi connectivity index (χ1v) is 10.8. The van der Waals surface area contributed by atoms with Crippen molar-refractivity contribution in [2.75, 3.05) is 53.5 Å². The molecular weight excluding hydrogens is 450 g/mol. The summed E-state index contributed by atoms with van der Waals surface area (Å²) in [7, 11) is 2.96. The van der Waals surface area contributed by atoms with Crippen LogP contribution < -0.4 is 14.8 Å². The minimum atomic E-state index is -1.82. The number of carboxylic acids is 2. The van der Waals surface area contributed by atoms with Gasteiger partial charge in [-0.25, -0.2) is 9.59 Å². The molecule has 12 nitrogen and oxygen atoms in total. The van der Waals surface area contributed by atoms with Gasteiger partial charge in [-0.3, -0.25) is 14.5 Å². The molecule has 0 aromatic heterocycles. The Bertz CT molecular complexity index is 815. The molecule has 1 aromatic rings. The molecule has 1 saturated heterocycles. The van der Waals surface area contributed by atoms with E-state index in [1.807, 2.05) is 11.8 Å². The number of ether oxygens (including phenoxy) is 2. The number of carbonyl (C=O) groups is 4. The monoisotopic (exact) mass is 483 g/mol. The summed E-state index contributed by atoms with van der Waals surface area (Å²) in [5, 5.41) is 27.6. The van der Waals surface area contributed by atoms with Crippen LogP contribution in [0.1, 0.15) is 25.3 Å². The summed E-state index contributed by atoms with van der Waals surface area (Å²) in [5.74, 6) is -2.91. The number of nitrogens with one attached hydrogen (secondary N) is 1. The highest BCUT2D eigenvalue weighted by atomic mass is 16.5. The van der Waals surface area contributed by atoms with Crippen LogP contribution in [0.5, 0.6) is 17.2 Å². The Labute approximate surface area is 198 Å². The van der Waals surface area contributed by atoms with E-state index in [9.17, 15) is 14.7 Å². The van der Waals surface area contributed by atoms with Gasteiger partial charge in [0.05, 0.1) is 20.8 Å². The lowest BCUT2D eigenvalue weighted by Crippen LogP contribution is -2.51. The Balaban J connectivity index is 0.000000852. The molecule has 12 heteroatoms. The second-order valence-corrected chi connectivity index (χ2v) is 7.47. The van der Waals surface area contributed by atoms with Gasteiger partial charge in [-0.05, 0) is 30.5 Å². The van der Waals surface area contributed by atoms with Crippen molar-refractivity contribution in [2.24, 2.45) is 0 Å². The van der Waals surface area contributed by atoms with Crippen molar-refractivity contribution in [3.63, 3.8) is 0 Å². The van der Waals surface area contributed by atoms with Crippen molar-refractivity contribution in [2.45, 2.75) is 26.2 Å². The first-order valence-electron chi connectivity index (χ1n) is 10.8. The number of phenolic OH excluding ortho intramolecular Hbond substituents is 1. The van der Waals surface area contributed by atoms with E-state index in [-0.39, 0.29) is 17.6 Å². The largest absolute Gasteiger partial charge is 0.502 e. The molecule has 34 heavy (non-hydrogen) atoms. The van der Waals surface area contributed by atoms with E-state index in [1.54, 1.807) is 12.1 Å². The van der Waals surface area contributed by atoms with Gasteiger partial charge in [-0.15, -0.1) is 0 Å². The summed E-state index contributed by atoms with van der Waals surface area (Å²) in [5.41, 5.74) is 0.867. The maximum Gasteiger partial charge on any atom is 0.414 e. The number of aliphatic carboxylic acids is 2. The standard InChI is InChI=1S/C20H31N3O5.C2H2O4/c1-4-7-21-18(24)14-22-8-10-23(11-9-22)19(25)6-5-15-12-16(27-2)20(26)17(13-15)28-3;3-1(4)2(5)6/h12-13,26H,4-11,14H2,1-3H3,(H,21,24);(H,3,4)(H,5,6). The van der Waals surface area contributed by atoms with Crippen LogP contribution in [0.4, 0.5) is 0 Å². The minimum absolute atomic E-state index is 0.0388. The zero-order valence-electron chi connectivity index (χ0n) is 19.7. The van der Waals surface area contributed by atoms with E-state index in [2.05, 4.69) is 10.2 Å². The number of benzene rings is 1. The number of phenols is 1. The van der Waals surface area contributed by atoms with Gasteiger partial charge in [-0.2, -0.15) is 0 Å². The minimum Gasteiger partial charge on any atom is -0.502 e. The molecule has 2 amide bonds. The van der Waals surface area contributed by atoms with Gasteiger partial charge in [0.25, 0.3) is 0 Å². The third-order valence-corrected chi connectivity index (χ3v) is 5.01. The van der Waals surface area contributed by atoms with Crippen LogP contribution in [-0.2, 0) is 25.6 Å². The topological polar surface area (TPSA) is 166 Å². The first kappa shape index (κ1) is 28.5. The molecule has 0 aliphatic carbocycles. The fraction of sp³-hybridized carbons (Fsp3) is 0.545. The number of hydrogen-bond donors (Lipinski definition) is 4. The van der Waals surface area contributed by atoms with Gasteiger partial charge < -0.3 is 35.0 Å². The van der Waals surface area contributed by atoms with Crippen LogP contribution in [0.2, 0.25) is 0 Å². The molecular formula is C22H33N3O9. The predicted molar refractivity (Wildman–Crippen MR) is 121 cm³/mol. The molecule has 0 spiro atoms. The van der Waals surface area contributed by atoms with Crippen LogP contribution >= 0.6 is 0 Å². The van der Waals surface area contributed by atoms with Crippen molar-refractivity contribution in [1.29, 1.82) is 0 Å². The highest BCUT2D eigenvalue weighted by molar-refractivity contribution is 6.27. The summed E-state index contributed by atoms with van der Waals surface area (Å²) < 4.78 is 10.3. The molecule has 0 radical (unpaired) electrons. The van der Waals surface area contributed by atoms with E-state index < -0.39 is 11.9 Å². The van der Waals surface area contributed by atoms with E-state index in [0.29, 0.717) is 63.6 Å². The fourth-order valence-corrected chi connectivity index (χ4v) is 3.18. The first-order chi connectivity index (χ1) is 16.1. The van der Waals surface area contributed by atoms with Crippen molar-refractivity contribution in [1.82, 2.24) is 15.1 Å². The van der Waals surface area contributed by atoms with E-state index in [0.717, 1.165) is 12.0 Å². The second-order valence-electron chi connectivity index (χ2n) is 7.47. The third kappa shape index (κ3) is 9.53. The van der Waals surface area contributed by atoms with Gasteiger partial charge >= 0.3 is 11.9 Å². The Hall–Kier alpha value is -3.54. The van der Waals surface area contributed by atoms with Gasteiger partial charge in [0.1, 0.15) is 0 Å². The molecule has 4 N–H and O–H groups in total. The zero-order valence-corrected chi connectivity index (χ0v) is 19.7. The Morgan fingerprint density at radius 3 is 1.94 bits per heavy atom. The average Bonchev–Trinajstić information content (AvgIpc) is 2.82. The maximum absolute atomic E-state index is 12.5. The SMILES string of the molecule is CCCNC(=O)CN1CCN(C(=O)CCc2cc(OC)c(O)c(OC)c2)CC1.O=C(O)C(=O)O. The lowest BCUT2D eigenvalue weighted by molar-refractivity contribution is -0.159. The van der Waals surface area contributed by atoms with Crippen molar-refractivity contribution < 1.29 is 44.0 Å². The molecule has 1 aromatic carbocycles. The van der Waals surface area contributed by atoms with Crippen LogP contribution in [-0.4, -0.2) is 102 Å². The molecule has 0 unspecified atom stereocenters. The lowest BCUT2D eigenvalue weighted by Gasteiger charge is -2.34. The number of piperazine rings is 1. The quantitative estimate of drug-likeness (QED) is 0.356. The summed E-state index contributed by atoms with van der Waals surface area (Å²) in [6.07, 6.45) is 1.83. The van der Waals surface area contributed by atoms with E-state index in [1.165, 1.54) is 14.2 Å². The maximum atomic E-state index is 12.5. The number of hydrogen-bond acceptors (Lipinski definition) is 8. The molecule has 2 rings (SSSR count). The predicted octanol–water partition coefficient (Wildman–Crippen LogP) is 0.168. The molecule has 190 valence electrons. The highest BCUT2D eigenvalue weighted by Crippen LogP contribution is 2.37. The molecule has 1 heterocycles. The van der Waals surface area contributed by atoms with E-state index >= 15 is 0 Å². The molecule has 0 bridgehead atoms. The molecule has 1 fully saturated rings. The fourth-order valence-electron chi connectivity index (χ4n) is 3.18. The number of rotatable bonds is 9. The van der Waals surface area contributed by atoms with Gasteiger partial charge in [0.15, 0.2) is 11.5 Å². The highest BCUT2D eigenvalue weighted by Gasteiger charge is 2.22. The number of aromatic hydroxyl groups is 1. The summed E-state index contributed by atoms with van der Waals surface area (Å²) in [6, 6.07) is 3.44. The van der Waals surface area contributed by atoms with Gasteiger partial charge in [0, 0.05) is 39.1 Å². The molecule has 1 aliphatic rings. The van der Waals surface area contributed by atoms with E-state index in [4.69, 9.17) is 29.3 Å². The van der Waals surface area contributed by atoms with Crippen LogP contribution in [0.3, 0.4) is 0 Å². The number of nitrogens with zero attached hydrogens (tertiary/aromatic N) is 2. The zero-order chi connectivity index (χ0) is 25.7. The Morgan fingerprint density at radius 2 is 1.50 bits per heavy atom. The van der Waals surface area contributed by atoms with Gasteiger partial charge in [-0.1, -0.05) is 6.92 Å². The summed E-state index contributed by atoms with van der Waals surface area (Å²) in [6.45, 7) is 5.76. The number of carboxylic acid groups (broad SMARTS) is 2. The Kier molecular flexibility index (Phi) is 12.2. The molecule has 0 atom stereocenters. The number of methoxy groups -OCH3 is 2. The van der Waals surface area contributed by atoms with Crippen molar-refractivity contribution >= 4 is 23.8 Å². The summed E-state index contributed by atoms with van der Waals surface area (Å²) in [4.78, 5) is 46.5. The smallest absolute Gasteiger partial charge is 0.414 e. The molecule has 0 saturated carbocycles. The van der Waals surface area contributed by atoms with Crippen molar-refractivity contribution in [3.8, 4) is 17.2 Å². The second kappa shape index (κ2) is 14.6. The number of amides is 2. The molecule has 1 aliphatic heterocycles.